The average molecular weight is 265 g/mol. The van der Waals surface area contributed by atoms with E-state index in [1.165, 1.54) is 32.1 Å². The second kappa shape index (κ2) is 7.84. The predicted octanol–water partition coefficient (Wildman–Crippen LogP) is 1.51. The third-order valence-electron chi connectivity index (χ3n) is 4.52. The van der Waals surface area contributed by atoms with E-state index in [4.69, 9.17) is 10.4 Å². The second-order valence-electron chi connectivity index (χ2n) is 6.16. The van der Waals surface area contributed by atoms with Crippen molar-refractivity contribution in [2.75, 3.05) is 26.2 Å². The maximum absolute atomic E-state index is 9.14. The highest BCUT2D eigenvalue weighted by molar-refractivity contribution is 4.89. The first-order chi connectivity index (χ1) is 9.31. The topological polar surface area (TPSA) is 59.3 Å². The Morgan fingerprint density at radius 3 is 2.63 bits per heavy atom. The van der Waals surface area contributed by atoms with Crippen LogP contribution < -0.4 is 5.32 Å². The summed E-state index contributed by atoms with van der Waals surface area (Å²) < 4.78 is 0. The van der Waals surface area contributed by atoms with Gasteiger partial charge in [0.15, 0.2) is 0 Å². The van der Waals surface area contributed by atoms with Crippen LogP contribution in [0.3, 0.4) is 0 Å². The standard InChI is InChI=1S/C15H27N3O/c16-7-8-18-11-13(6-9-19)10-15(12-18)17-14-4-2-1-3-5-14/h13-15,17,19H,1-6,8-12H2. The summed E-state index contributed by atoms with van der Waals surface area (Å²) in [6.07, 6.45) is 8.72. The lowest BCUT2D eigenvalue weighted by atomic mass is 9.89. The van der Waals surface area contributed by atoms with Crippen molar-refractivity contribution in [1.82, 2.24) is 10.2 Å². The first-order valence-corrected chi connectivity index (χ1v) is 7.78. The minimum Gasteiger partial charge on any atom is -0.396 e. The fraction of sp³-hybridized carbons (Fsp3) is 0.933. The number of rotatable bonds is 5. The summed E-state index contributed by atoms with van der Waals surface area (Å²) in [5.41, 5.74) is 0. The molecule has 19 heavy (non-hydrogen) atoms. The van der Waals surface area contributed by atoms with Crippen LogP contribution in [0, 0.1) is 17.2 Å². The Hall–Kier alpha value is -0.630. The average Bonchev–Trinajstić information content (AvgIpc) is 2.40. The molecule has 2 rings (SSSR count). The molecule has 2 fully saturated rings. The number of nitrogens with one attached hydrogen (secondary N) is 1. The van der Waals surface area contributed by atoms with E-state index in [9.17, 15) is 0 Å². The minimum atomic E-state index is 0.265. The zero-order chi connectivity index (χ0) is 13.5. The van der Waals surface area contributed by atoms with Gasteiger partial charge >= 0.3 is 0 Å². The Kier molecular flexibility index (Phi) is 6.09. The van der Waals surface area contributed by atoms with Gasteiger partial charge in [-0.05, 0) is 31.6 Å². The summed E-state index contributed by atoms with van der Waals surface area (Å²) in [4.78, 5) is 2.24. The van der Waals surface area contributed by atoms with E-state index in [0.29, 0.717) is 24.5 Å². The molecule has 1 heterocycles. The molecule has 1 aliphatic heterocycles. The van der Waals surface area contributed by atoms with Gasteiger partial charge in [-0.1, -0.05) is 19.3 Å². The van der Waals surface area contributed by atoms with E-state index >= 15 is 0 Å². The number of aliphatic hydroxyl groups excluding tert-OH is 1. The molecular formula is C15H27N3O. The van der Waals surface area contributed by atoms with Crippen molar-refractivity contribution >= 4 is 0 Å². The first-order valence-electron chi connectivity index (χ1n) is 7.78. The molecule has 1 saturated heterocycles. The number of nitrogens with zero attached hydrogens (tertiary/aromatic N) is 2. The lowest BCUT2D eigenvalue weighted by Gasteiger charge is -2.39. The quantitative estimate of drug-likeness (QED) is 0.740. The molecule has 1 saturated carbocycles. The summed E-state index contributed by atoms with van der Waals surface area (Å²) in [5, 5.41) is 21.8. The van der Waals surface area contributed by atoms with E-state index in [-0.39, 0.29) is 6.61 Å². The van der Waals surface area contributed by atoms with Gasteiger partial charge in [-0.2, -0.15) is 5.26 Å². The van der Waals surface area contributed by atoms with E-state index in [0.717, 1.165) is 25.9 Å². The lowest BCUT2D eigenvalue weighted by Crippen LogP contribution is -2.52. The predicted molar refractivity (Wildman–Crippen MR) is 75.7 cm³/mol. The number of hydrogen-bond acceptors (Lipinski definition) is 4. The number of nitriles is 1. The van der Waals surface area contributed by atoms with Gasteiger partial charge in [0.05, 0.1) is 12.6 Å². The van der Waals surface area contributed by atoms with Crippen molar-refractivity contribution in [1.29, 1.82) is 5.26 Å². The SMILES string of the molecule is N#CCN1CC(CCO)CC(NC2CCCCC2)C1. The van der Waals surface area contributed by atoms with Crippen LogP contribution in [0.25, 0.3) is 0 Å². The van der Waals surface area contributed by atoms with Crippen molar-refractivity contribution < 1.29 is 5.11 Å². The molecule has 2 unspecified atom stereocenters. The highest BCUT2D eigenvalue weighted by Crippen LogP contribution is 2.23. The summed E-state index contributed by atoms with van der Waals surface area (Å²) in [6.45, 7) is 2.74. The summed E-state index contributed by atoms with van der Waals surface area (Å²) >= 11 is 0. The number of aliphatic hydroxyl groups is 1. The molecule has 4 nitrogen and oxygen atoms in total. The Bertz CT molecular complexity index is 296. The van der Waals surface area contributed by atoms with Crippen LogP contribution in [0.2, 0.25) is 0 Å². The van der Waals surface area contributed by atoms with Crippen LogP contribution in [0.4, 0.5) is 0 Å². The molecule has 2 atom stereocenters. The molecule has 0 aromatic carbocycles. The van der Waals surface area contributed by atoms with E-state index < -0.39 is 0 Å². The van der Waals surface area contributed by atoms with Crippen molar-refractivity contribution in [2.45, 2.75) is 57.0 Å². The van der Waals surface area contributed by atoms with Gasteiger partial charge in [-0.3, -0.25) is 4.90 Å². The summed E-state index contributed by atoms with van der Waals surface area (Å²) in [5.74, 6) is 0.535. The van der Waals surface area contributed by atoms with Gasteiger partial charge in [-0.25, -0.2) is 0 Å². The number of piperidine rings is 1. The third-order valence-corrected chi connectivity index (χ3v) is 4.52. The van der Waals surface area contributed by atoms with Crippen LogP contribution in [-0.2, 0) is 0 Å². The normalized spacial score (nSPS) is 30.1. The van der Waals surface area contributed by atoms with Gasteiger partial charge in [0.25, 0.3) is 0 Å². The van der Waals surface area contributed by atoms with E-state index in [1.54, 1.807) is 0 Å². The Morgan fingerprint density at radius 2 is 1.95 bits per heavy atom. The van der Waals surface area contributed by atoms with Crippen LogP contribution in [0.1, 0.15) is 44.9 Å². The van der Waals surface area contributed by atoms with Gasteiger partial charge in [-0.15, -0.1) is 0 Å². The molecule has 0 aromatic heterocycles. The van der Waals surface area contributed by atoms with Crippen molar-refractivity contribution in [2.24, 2.45) is 5.92 Å². The zero-order valence-electron chi connectivity index (χ0n) is 11.9. The van der Waals surface area contributed by atoms with E-state index in [2.05, 4.69) is 16.3 Å². The Labute approximate surface area is 116 Å². The molecule has 2 aliphatic rings. The number of likely N-dealkylation sites (tertiary alicyclic amines) is 1. The fourth-order valence-corrected chi connectivity index (χ4v) is 3.65. The van der Waals surface area contributed by atoms with Gasteiger partial charge in [0.1, 0.15) is 0 Å². The number of hydrogen-bond donors (Lipinski definition) is 2. The molecule has 1 aliphatic carbocycles. The molecular weight excluding hydrogens is 238 g/mol. The first kappa shape index (κ1) is 14.8. The largest absolute Gasteiger partial charge is 0.396 e. The summed E-state index contributed by atoms with van der Waals surface area (Å²) in [6, 6.07) is 3.44. The van der Waals surface area contributed by atoms with E-state index in [1.807, 2.05) is 0 Å². The van der Waals surface area contributed by atoms with Crippen molar-refractivity contribution in [3.05, 3.63) is 0 Å². The molecule has 4 heteroatoms. The van der Waals surface area contributed by atoms with Gasteiger partial charge in [0, 0.05) is 31.8 Å². The van der Waals surface area contributed by atoms with Crippen LogP contribution in [-0.4, -0.2) is 48.3 Å². The maximum Gasteiger partial charge on any atom is 0.0866 e. The summed E-state index contributed by atoms with van der Waals surface area (Å²) in [7, 11) is 0. The van der Waals surface area contributed by atoms with Gasteiger partial charge in [0.2, 0.25) is 0 Å². The fourth-order valence-electron chi connectivity index (χ4n) is 3.65. The Balaban J connectivity index is 1.84. The monoisotopic (exact) mass is 265 g/mol. The van der Waals surface area contributed by atoms with Crippen LogP contribution in [0.5, 0.6) is 0 Å². The van der Waals surface area contributed by atoms with Crippen molar-refractivity contribution in [3.8, 4) is 6.07 Å². The molecule has 0 spiro atoms. The molecule has 0 aromatic rings. The third kappa shape index (κ3) is 4.76. The highest BCUT2D eigenvalue weighted by Gasteiger charge is 2.28. The lowest BCUT2D eigenvalue weighted by molar-refractivity contribution is 0.123. The molecule has 0 amide bonds. The molecule has 0 bridgehead atoms. The minimum absolute atomic E-state index is 0.265. The Morgan fingerprint density at radius 1 is 1.16 bits per heavy atom. The zero-order valence-corrected chi connectivity index (χ0v) is 11.9. The maximum atomic E-state index is 9.14. The van der Waals surface area contributed by atoms with Gasteiger partial charge < -0.3 is 10.4 Å². The molecule has 2 N–H and O–H groups in total. The van der Waals surface area contributed by atoms with Crippen molar-refractivity contribution in [3.63, 3.8) is 0 Å². The highest BCUT2D eigenvalue weighted by atomic mass is 16.3. The second-order valence-corrected chi connectivity index (χ2v) is 6.16. The molecule has 0 radical (unpaired) electrons. The smallest absolute Gasteiger partial charge is 0.0866 e. The van der Waals surface area contributed by atoms with Crippen LogP contribution >= 0.6 is 0 Å². The molecule has 108 valence electrons. The van der Waals surface area contributed by atoms with Crippen LogP contribution in [0.15, 0.2) is 0 Å².